The van der Waals surface area contributed by atoms with E-state index in [4.69, 9.17) is 4.74 Å². The van der Waals surface area contributed by atoms with Crippen molar-refractivity contribution in [2.45, 2.75) is 33.2 Å². The summed E-state index contributed by atoms with van der Waals surface area (Å²) in [5, 5.41) is 10.5. The first-order valence-electron chi connectivity index (χ1n) is 4.34. The molecule has 0 radical (unpaired) electrons. The number of hydrogen-bond acceptors (Lipinski definition) is 4. The monoisotopic (exact) mass is 189 g/mol. The molecule has 0 aliphatic heterocycles. The lowest BCUT2D eigenvalue weighted by Gasteiger charge is -2.13. The molecule has 5 heteroatoms. The molecule has 0 saturated carbocycles. The molecule has 76 valence electrons. The van der Waals surface area contributed by atoms with Gasteiger partial charge in [-0.1, -0.05) is 6.92 Å². The van der Waals surface area contributed by atoms with Crippen LogP contribution in [0.25, 0.3) is 0 Å². The molecule has 0 amide bonds. The smallest absolute Gasteiger partial charge is 0.315 e. The molecule has 0 rings (SSSR count). The summed E-state index contributed by atoms with van der Waals surface area (Å²) >= 11 is 0. The van der Waals surface area contributed by atoms with E-state index >= 15 is 0 Å². The summed E-state index contributed by atoms with van der Waals surface area (Å²) < 4.78 is 4.69. The predicted octanol–water partition coefficient (Wildman–Crippen LogP) is 1.24. The third-order valence-electron chi connectivity index (χ3n) is 1.92. The van der Waals surface area contributed by atoms with E-state index in [1.807, 2.05) is 0 Å². The maximum atomic E-state index is 11.1. The maximum absolute atomic E-state index is 11.1. The lowest BCUT2D eigenvalue weighted by atomic mass is 10.0. The molecule has 0 heterocycles. The van der Waals surface area contributed by atoms with E-state index in [0.717, 1.165) is 0 Å². The fraction of sp³-hybridized carbons (Fsp3) is 0.875. The van der Waals surface area contributed by atoms with Gasteiger partial charge in [-0.2, -0.15) is 0 Å². The van der Waals surface area contributed by atoms with Crippen LogP contribution in [0.5, 0.6) is 0 Å². The van der Waals surface area contributed by atoms with Crippen molar-refractivity contribution >= 4 is 5.97 Å². The molecule has 0 N–H and O–H groups in total. The average Bonchev–Trinajstić information content (AvgIpc) is 2.05. The van der Waals surface area contributed by atoms with E-state index < -0.39 is 22.9 Å². The van der Waals surface area contributed by atoms with Gasteiger partial charge in [0.15, 0.2) is 0 Å². The van der Waals surface area contributed by atoms with Crippen LogP contribution in [0.4, 0.5) is 0 Å². The molecule has 2 atom stereocenters. The van der Waals surface area contributed by atoms with Crippen LogP contribution in [-0.4, -0.2) is 23.5 Å². The Morgan fingerprint density at radius 3 is 2.38 bits per heavy atom. The molecule has 2 unspecified atom stereocenters. The highest BCUT2D eigenvalue weighted by Gasteiger charge is 2.32. The first-order valence-corrected chi connectivity index (χ1v) is 4.34. The third-order valence-corrected chi connectivity index (χ3v) is 1.92. The van der Waals surface area contributed by atoms with Crippen LogP contribution >= 0.6 is 0 Å². The normalized spacial score (nSPS) is 14.7. The number of carbonyl (C=O) groups excluding carboxylic acids is 1. The summed E-state index contributed by atoms with van der Waals surface area (Å²) in [6.07, 6.45) is 0.340. The van der Waals surface area contributed by atoms with E-state index in [-0.39, 0.29) is 6.61 Å². The Labute approximate surface area is 77.2 Å². The molecule has 0 aromatic rings. The van der Waals surface area contributed by atoms with Gasteiger partial charge >= 0.3 is 5.97 Å². The van der Waals surface area contributed by atoms with Crippen LogP contribution in [0.15, 0.2) is 0 Å². The fourth-order valence-electron chi connectivity index (χ4n) is 1.12. The van der Waals surface area contributed by atoms with Crippen molar-refractivity contribution in [2.24, 2.45) is 5.92 Å². The lowest BCUT2D eigenvalue weighted by Crippen LogP contribution is -2.33. The Morgan fingerprint density at radius 2 is 2.08 bits per heavy atom. The summed E-state index contributed by atoms with van der Waals surface area (Å²) in [6.45, 7) is 5.15. The number of nitro groups is 1. The number of esters is 1. The van der Waals surface area contributed by atoms with Gasteiger partial charge in [-0.3, -0.25) is 14.9 Å². The fourth-order valence-corrected chi connectivity index (χ4v) is 1.12. The second kappa shape index (κ2) is 5.50. The number of ether oxygens (including phenoxy) is 1. The van der Waals surface area contributed by atoms with Gasteiger partial charge < -0.3 is 4.74 Å². The van der Waals surface area contributed by atoms with Gasteiger partial charge in [-0.25, -0.2) is 0 Å². The van der Waals surface area contributed by atoms with Crippen molar-refractivity contribution in [3.8, 4) is 0 Å². The van der Waals surface area contributed by atoms with Gasteiger partial charge in [0.05, 0.1) is 6.61 Å². The molecule has 0 aromatic heterocycles. The number of carbonyl (C=O) groups is 1. The largest absolute Gasteiger partial charge is 0.466 e. The second-order valence-corrected chi connectivity index (χ2v) is 2.80. The Bertz CT molecular complexity index is 193. The van der Waals surface area contributed by atoms with Crippen LogP contribution in [-0.2, 0) is 9.53 Å². The Hall–Kier alpha value is -1.13. The molecule has 5 nitrogen and oxygen atoms in total. The molecule has 0 saturated heterocycles. The summed E-state index contributed by atoms with van der Waals surface area (Å²) in [6, 6.07) is -0.834. The minimum atomic E-state index is -0.834. The zero-order valence-electron chi connectivity index (χ0n) is 8.15. The molecular weight excluding hydrogens is 174 g/mol. The molecule has 0 aliphatic rings. The van der Waals surface area contributed by atoms with E-state index in [1.54, 1.807) is 13.8 Å². The van der Waals surface area contributed by atoms with Crippen LogP contribution in [0.1, 0.15) is 27.2 Å². The van der Waals surface area contributed by atoms with Crippen LogP contribution in [0.2, 0.25) is 0 Å². The van der Waals surface area contributed by atoms with Gasteiger partial charge in [0.1, 0.15) is 5.92 Å². The predicted molar refractivity (Wildman–Crippen MR) is 46.9 cm³/mol. The number of rotatable bonds is 5. The van der Waals surface area contributed by atoms with E-state index in [2.05, 4.69) is 0 Å². The lowest BCUT2D eigenvalue weighted by molar-refractivity contribution is -0.529. The van der Waals surface area contributed by atoms with E-state index in [9.17, 15) is 14.9 Å². The number of nitrogens with zero attached hydrogens (tertiary/aromatic N) is 1. The van der Waals surface area contributed by atoms with Gasteiger partial charge in [0, 0.05) is 11.3 Å². The first kappa shape index (κ1) is 11.9. The highest BCUT2D eigenvalue weighted by Crippen LogP contribution is 2.12. The van der Waals surface area contributed by atoms with Gasteiger partial charge in [0.2, 0.25) is 6.04 Å². The van der Waals surface area contributed by atoms with Crippen molar-refractivity contribution in [3.05, 3.63) is 10.1 Å². The molecule has 0 bridgehead atoms. The minimum absolute atomic E-state index is 0.261. The minimum Gasteiger partial charge on any atom is -0.466 e. The van der Waals surface area contributed by atoms with Crippen molar-refractivity contribution in [1.29, 1.82) is 0 Å². The van der Waals surface area contributed by atoms with Gasteiger partial charge in [-0.15, -0.1) is 0 Å². The topological polar surface area (TPSA) is 69.4 Å². The summed E-state index contributed by atoms with van der Waals surface area (Å²) in [4.78, 5) is 21.2. The standard InChI is InChI=1S/C8H15NO4/c1-4-7(9(11)12)6(3)8(10)13-5-2/h6-7H,4-5H2,1-3H3. The highest BCUT2D eigenvalue weighted by atomic mass is 16.6. The quantitative estimate of drug-likeness (QED) is 0.370. The van der Waals surface area contributed by atoms with E-state index in [0.29, 0.717) is 6.42 Å². The van der Waals surface area contributed by atoms with Crippen molar-refractivity contribution in [3.63, 3.8) is 0 Å². The van der Waals surface area contributed by atoms with Crippen LogP contribution in [0, 0.1) is 16.0 Å². The zero-order chi connectivity index (χ0) is 10.4. The molecule has 0 aliphatic carbocycles. The summed E-state index contributed by atoms with van der Waals surface area (Å²) in [7, 11) is 0. The third kappa shape index (κ3) is 3.40. The zero-order valence-corrected chi connectivity index (χ0v) is 8.15. The van der Waals surface area contributed by atoms with Crippen LogP contribution in [0.3, 0.4) is 0 Å². The Balaban J connectivity index is 4.27. The average molecular weight is 189 g/mol. The Morgan fingerprint density at radius 1 is 1.54 bits per heavy atom. The molecule has 0 spiro atoms. The molecule has 13 heavy (non-hydrogen) atoms. The summed E-state index contributed by atoms with van der Waals surface area (Å²) in [5.74, 6) is -1.16. The second-order valence-electron chi connectivity index (χ2n) is 2.80. The van der Waals surface area contributed by atoms with E-state index in [1.165, 1.54) is 6.92 Å². The molecule has 0 fully saturated rings. The van der Waals surface area contributed by atoms with Crippen molar-refractivity contribution in [2.75, 3.05) is 6.61 Å². The number of hydrogen-bond donors (Lipinski definition) is 0. The maximum Gasteiger partial charge on any atom is 0.315 e. The Kier molecular flexibility index (Phi) is 5.03. The first-order chi connectivity index (χ1) is 6.04. The van der Waals surface area contributed by atoms with Gasteiger partial charge in [0.25, 0.3) is 0 Å². The van der Waals surface area contributed by atoms with Gasteiger partial charge in [-0.05, 0) is 13.8 Å². The highest BCUT2D eigenvalue weighted by molar-refractivity contribution is 5.72. The van der Waals surface area contributed by atoms with Crippen LogP contribution < -0.4 is 0 Å². The van der Waals surface area contributed by atoms with Crippen molar-refractivity contribution < 1.29 is 14.5 Å². The van der Waals surface area contributed by atoms with Crippen molar-refractivity contribution in [1.82, 2.24) is 0 Å². The SMILES string of the molecule is CCOC(=O)C(C)C(CC)[N+](=O)[O-]. The summed E-state index contributed by atoms with van der Waals surface area (Å²) in [5.41, 5.74) is 0. The molecular formula is C8H15NO4. The molecule has 0 aromatic carbocycles.